The summed E-state index contributed by atoms with van der Waals surface area (Å²) in [5.41, 5.74) is 2.41. The second kappa shape index (κ2) is 6.75. The summed E-state index contributed by atoms with van der Waals surface area (Å²) >= 11 is 5.82. The number of hydrogen-bond acceptors (Lipinski definition) is 3. The standard InChI is InChI=1S/C15H18ClNO2/c1-17-15(13-7-8-14(16)19-13)12-5-3-11(4-6-12)9-10-18-2/h3-8,15,17H,9-10H2,1-2H3. The van der Waals surface area contributed by atoms with E-state index in [9.17, 15) is 0 Å². The van der Waals surface area contributed by atoms with E-state index in [1.54, 1.807) is 13.2 Å². The van der Waals surface area contributed by atoms with Gasteiger partial charge in [0, 0.05) is 7.11 Å². The third-order valence-corrected chi connectivity index (χ3v) is 3.28. The topological polar surface area (TPSA) is 34.4 Å². The van der Waals surface area contributed by atoms with Gasteiger partial charge >= 0.3 is 0 Å². The number of halogens is 1. The molecule has 0 aliphatic heterocycles. The van der Waals surface area contributed by atoms with Gasteiger partial charge in [-0.1, -0.05) is 24.3 Å². The Hall–Kier alpha value is -1.29. The third kappa shape index (κ3) is 3.60. The van der Waals surface area contributed by atoms with E-state index in [1.807, 2.05) is 13.1 Å². The SMILES string of the molecule is CNC(c1ccc(CCOC)cc1)c1ccc(Cl)o1. The van der Waals surface area contributed by atoms with E-state index in [0.717, 1.165) is 24.4 Å². The smallest absolute Gasteiger partial charge is 0.193 e. The van der Waals surface area contributed by atoms with Crippen molar-refractivity contribution in [2.75, 3.05) is 20.8 Å². The Bertz CT molecular complexity index is 507. The van der Waals surface area contributed by atoms with Crippen LogP contribution in [0.2, 0.25) is 5.22 Å². The summed E-state index contributed by atoms with van der Waals surface area (Å²) in [4.78, 5) is 0. The molecule has 19 heavy (non-hydrogen) atoms. The Morgan fingerprint density at radius 3 is 2.47 bits per heavy atom. The first-order valence-electron chi connectivity index (χ1n) is 6.25. The first-order chi connectivity index (χ1) is 9.24. The summed E-state index contributed by atoms with van der Waals surface area (Å²) in [6.07, 6.45) is 0.924. The van der Waals surface area contributed by atoms with Crippen molar-refractivity contribution in [3.63, 3.8) is 0 Å². The highest BCUT2D eigenvalue weighted by Gasteiger charge is 2.15. The third-order valence-electron chi connectivity index (χ3n) is 3.08. The minimum absolute atomic E-state index is 0.0176. The summed E-state index contributed by atoms with van der Waals surface area (Å²) in [5, 5.41) is 3.64. The van der Waals surface area contributed by atoms with Crippen molar-refractivity contribution < 1.29 is 9.15 Å². The van der Waals surface area contributed by atoms with Crippen molar-refractivity contribution in [2.45, 2.75) is 12.5 Å². The van der Waals surface area contributed by atoms with Crippen molar-refractivity contribution in [1.82, 2.24) is 5.32 Å². The van der Waals surface area contributed by atoms with Gasteiger partial charge in [0.25, 0.3) is 0 Å². The maximum absolute atomic E-state index is 5.82. The Labute approximate surface area is 118 Å². The lowest BCUT2D eigenvalue weighted by molar-refractivity contribution is 0.202. The van der Waals surface area contributed by atoms with Crippen molar-refractivity contribution in [3.8, 4) is 0 Å². The van der Waals surface area contributed by atoms with Crippen LogP contribution in [0.4, 0.5) is 0 Å². The zero-order valence-corrected chi connectivity index (χ0v) is 11.9. The van der Waals surface area contributed by atoms with Crippen LogP contribution in [0.5, 0.6) is 0 Å². The van der Waals surface area contributed by atoms with Crippen LogP contribution in [-0.2, 0) is 11.2 Å². The number of hydrogen-bond donors (Lipinski definition) is 1. The summed E-state index contributed by atoms with van der Waals surface area (Å²) in [7, 11) is 3.62. The van der Waals surface area contributed by atoms with Gasteiger partial charge in [0.1, 0.15) is 5.76 Å². The number of ether oxygens (including phenoxy) is 1. The van der Waals surface area contributed by atoms with Gasteiger partial charge in [0.2, 0.25) is 0 Å². The van der Waals surface area contributed by atoms with E-state index in [0.29, 0.717) is 5.22 Å². The van der Waals surface area contributed by atoms with Crippen LogP contribution in [0.1, 0.15) is 22.9 Å². The molecule has 0 aliphatic rings. The zero-order valence-electron chi connectivity index (χ0n) is 11.2. The van der Waals surface area contributed by atoms with Gasteiger partial charge in [-0.15, -0.1) is 0 Å². The van der Waals surface area contributed by atoms with Crippen LogP contribution in [0.25, 0.3) is 0 Å². The molecular formula is C15H18ClNO2. The summed E-state index contributed by atoms with van der Waals surface area (Å²) in [6.45, 7) is 0.739. The number of methoxy groups -OCH3 is 1. The Morgan fingerprint density at radius 2 is 1.95 bits per heavy atom. The largest absolute Gasteiger partial charge is 0.448 e. The second-order valence-corrected chi connectivity index (χ2v) is 4.72. The summed E-state index contributed by atoms with van der Waals surface area (Å²) in [5.74, 6) is 0.817. The maximum Gasteiger partial charge on any atom is 0.193 e. The maximum atomic E-state index is 5.82. The molecule has 1 N–H and O–H groups in total. The lowest BCUT2D eigenvalue weighted by Crippen LogP contribution is -2.16. The van der Waals surface area contributed by atoms with Gasteiger partial charge < -0.3 is 14.5 Å². The molecule has 1 heterocycles. The fourth-order valence-electron chi connectivity index (χ4n) is 2.05. The van der Waals surface area contributed by atoms with Gasteiger partial charge in [-0.05, 0) is 48.3 Å². The molecule has 0 fully saturated rings. The van der Waals surface area contributed by atoms with Gasteiger partial charge in [-0.3, -0.25) is 0 Å². The highest BCUT2D eigenvalue weighted by molar-refractivity contribution is 6.28. The number of rotatable bonds is 6. The molecular weight excluding hydrogens is 262 g/mol. The second-order valence-electron chi connectivity index (χ2n) is 4.35. The number of furan rings is 1. The minimum atomic E-state index is 0.0176. The molecule has 4 heteroatoms. The van der Waals surface area contributed by atoms with Crippen LogP contribution in [0, 0.1) is 0 Å². The molecule has 3 nitrogen and oxygen atoms in total. The highest BCUT2D eigenvalue weighted by Crippen LogP contribution is 2.25. The van der Waals surface area contributed by atoms with Gasteiger partial charge in [-0.2, -0.15) is 0 Å². The molecule has 0 aliphatic carbocycles. The molecule has 0 bridgehead atoms. The van der Waals surface area contributed by atoms with Gasteiger partial charge in [-0.25, -0.2) is 0 Å². The average molecular weight is 280 g/mol. The van der Waals surface area contributed by atoms with Crippen LogP contribution in [0.15, 0.2) is 40.8 Å². The van der Waals surface area contributed by atoms with E-state index >= 15 is 0 Å². The molecule has 1 atom stereocenters. The summed E-state index contributed by atoms with van der Waals surface area (Å²) < 4.78 is 10.5. The van der Waals surface area contributed by atoms with E-state index < -0.39 is 0 Å². The van der Waals surface area contributed by atoms with Crippen molar-refractivity contribution in [1.29, 1.82) is 0 Å². The Morgan fingerprint density at radius 1 is 1.21 bits per heavy atom. The van der Waals surface area contributed by atoms with Crippen LogP contribution in [0.3, 0.4) is 0 Å². The van der Waals surface area contributed by atoms with Gasteiger partial charge in [0.15, 0.2) is 5.22 Å². The molecule has 0 saturated heterocycles. The van der Waals surface area contributed by atoms with Crippen LogP contribution in [-0.4, -0.2) is 20.8 Å². The zero-order chi connectivity index (χ0) is 13.7. The van der Waals surface area contributed by atoms with Crippen molar-refractivity contribution in [3.05, 3.63) is 58.5 Å². The molecule has 0 spiro atoms. The molecule has 1 unspecified atom stereocenters. The number of benzene rings is 1. The molecule has 1 aromatic carbocycles. The van der Waals surface area contributed by atoms with Crippen molar-refractivity contribution >= 4 is 11.6 Å². The van der Waals surface area contributed by atoms with Crippen LogP contribution < -0.4 is 5.32 Å². The molecule has 0 radical (unpaired) electrons. The molecule has 102 valence electrons. The van der Waals surface area contributed by atoms with E-state index in [-0.39, 0.29) is 6.04 Å². The molecule has 0 saturated carbocycles. The average Bonchev–Trinajstić information content (AvgIpc) is 2.85. The molecule has 0 amide bonds. The monoisotopic (exact) mass is 279 g/mol. The minimum Gasteiger partial charge on any atom is -0.448 e. The quantitative estimate of drug-likeness (QED) is 0.880. The summed E-state index contributed by atoms with van der Waals surface area (Å²) in [6, 6.07) is 12.1. The molecule has 1 aromatic heterocycles. The van der Waals surface area contributed by atoms with E-state index in [2.05, 4.69) is 29.6 Å². The van der Waals surface area contributed by atoms with Crippen molar-refractivity contribution in [2.24, 2.45) is 0 Å². The predicted octanol–water partition coefficient (Wildman–Crippen LogP) is 3.43. The fraction of sp³-hybridized carbons (Fsp3) is 0.333. The molecule has 2 rings (SSSR count). The van der Waals surface area contributed by atoms with Gasteiger partial charge in [0.05, 0.1) is 12.6 Å². The lowest BCUT2D eigenvalue weighted by Gasteiger charge is -2.14. The number of nitrogens with one attached hydrogen (secondary N) is 1. The fourth-order valence-corrected chi connectivity index (χ4v) is 2.21. The normalized spacial score (nSPS) is 12.6. The van der Waals surface area contributed by atoms with Crippen LogP contribution >= 0.6 is 11.6 Å². The Balaban J connectivity index is 2.15. The Kier molecular flexibility index (Phi) is 5.02. The lowest BCUT2D eigenvalue weighted by atomic mass is 10.0. The van der Waals surface area contributed by atoms with E-state index in [1.165, 1.54) is 5.56 Å². The molecule has 2 aromatic rings. The predicted molar refractivity (Wildman–Crippen MR) is 76.6 cm³/mol. The first-order valence-corrected chi connectivity index (χ1v) is 6.62. The first kappa shape index (κ1) is 14.1. The van der Waals surface area contributed by atoms with E-state index in [4.69, 9.17) is 20.8 Å². The highest BCUT2D eigenvalue weighted by atomic mass is 35.5.